The van der Waals surface area contributed by atoms with Crippen LogP contribution in [-0.4, -0.2) is 24.9 Å². The molecule has 1 aliphatic rings. The van der Waals surface area contributed by atoms with Gasteiger partial charge in [-0.1, -0.05) is 18.2 Å². The van der Waals surface area contributed by atoms with E-state index in [-0.39, 0.29) is 11.6 Å². The Labute approximate surface area is 109 Å². The van der Waals surface area contributed by atoms with Gasteiger partial charge in [-0.25, -0.2) is 0 Å². The molecule has 0 amide bonds. The Morgan fingerprint density at radius 2 is 2.17 bits per heavy atom. The first-order valence-corrected chi connectivity index (χ1v) is 6.66. The highest BCUT2D eigenvalue weighted by Crippen LogP contribution is 2.24. The normalized spacial score (nSPS) is 20.7. The van der Waals surface area contributed by atoms with E-state index >= 15 is 0 Å². The van der Waals surface area contributed by atoms with Gasteiger partial charge in [-0.15, -0.1) is 0 Å². The maximum atomic E-state index is 6.09. The molecule has 1 atom stereocenters. The lowest BCUT2D eigenvalue weighted by molar-refractivity contribution is 0.00697. The number of hydrogen-bond acceptors (Lipinski definition) is 3. The van der Waals surface area contributed by atoms with Crippen molar-refractivity contribution in [3.8, 4) is 5.75 Å². The van der Waals surface area contributed by atoms with Gasteiger partial charge < -0.3 is 15.2 Å². The quantitative estimate of drug-likeness (QED) is 0.891. The molecule has 1 aromatic rings. The van der Waals surface area contributed by atoms with Crippen molar-refractivity contribution in [3.05, 3.63) is 29.8 Å². The molecule has 3 heteroatoms. The molecule has 3 nitrogen and oxygen atoms in total. The van der Waals surface area contributed by atoms with Crippen molar-refractivity contribution in [2.75, 3.05) is 13.2 Å². The summed E-state index contributed by atoms with van der Waals surface area (Å²) in [7, 11) is 0. The minimum absolute atomic E-state index is 0.181. The van der Waals surface area contributed by atoms with Gasteiger partial charge in [0.15, 0.2) is 0 Å². The smallest absolute Gasteiger partial charge is 0.123 e. The fourth-order valence-electron chi connectivity index (χ4n) is 2.24. The Morgan fingerprint density at radius 3 is 2.83 bits per heavy atom. The van der Waals surface area contributed by atoms with E-state index < -0.39 is 0 Å². The summed E-state index contributed by atoms with van der Waals surface area (Å²) >= 11 is 0. The summed E-state index contributed by atoms with van der Waals surface area (Å²) in [6.07, 6.45) is 3.15. The van der Waals surface area contributed by atoms with E-state index in [1.807, 2.05) is 32.0 Å². The first-order chi connectivity index (χ1) is 8.54. The summed E-state index contributed by atoms with van der Waals surface area (Å²) in [4.78, 5) is 0. The Balaban J connectivity index is 2.06. The summed E-state index contributed by atoms with van der Waals surface area (Å²) in [5.41, 5.74) is 7.05. The van der Waals surface area contributed by atoms with Crippen molar-refractivity contribution in [1.29, 1.82) is 0 Å². The molecular weight excluding hydrogens is 226 g/mol. The fourth-order valence-corrected chi connectivity index (χ4v) is 2.24. The van der Waals surface area contributed by atoms with Gasteiger partial charge in [-0.05, 0) is 44.7 Å². The third-order valence-corrected chi connectivity index (χ3v) is 3.03. The third-order valence-electron chi connectivity index (χ3n) is 3.03. The molecule has 18 heavy (non-hydrogen) atoms. The molecule has 2 rings (SSSR count). The Hall–Kier alpha value is -1.06. The van der Waals surface area contributed by atoms with Crippen LogP contribution in [-0.2, 0) is 11.2 Å². The first kappa shape index (κ1) is 13.4. The second-order valence-corrected chi connectivity index (χ2v) is 5.73. The van der Waals surface area contributed by atoms with Gasteiger partial charge in [0.25, 0.3) is 0 Å². The molecule has 0 aromatic heterocycles. The van der Waals surface area contributed by atoms with Crippen molar-refractivity contribution in [1.82, 2.24) is 0 Å². The minimum atomic E-state index is -0.220. The Bertz CT molecular complexity index is 378. The molecule has 1 unspecified atom stereocenters. The minimum Gasteiger partial charge on any atom is -0.488 e. The largest absolute Gasteiger partial charge is 0.488 e. The van der Waals surface area contributed by atoms with Crippen molar-refractivity contribution < 1.29 is 9.47 Å². The number of nitrogens with two attached hydrogens (primary N) is 1. The van der Waals surface area contributed by atoms with Gasteiger partial charge in [-0.3, -0.25) is 0 Å². The highest BCUT2D eigenvalue weighted by Gasteiger charge is 2.19. The molecule has 1 heterocycles. The zero-order chi connectivity index (χ0) is 13.0. The second kappa shape index (κ2) is 5.72. The molecule has 1 fully saturated rings. The first-order valence-electron chi connectivity index (χ1n) is 6.66. The molecule has 0 radical (unpaired) electrons. The molecular formula is C15H23NO2. The monoisotopic (exact) mass is 249 g/mol. The standard InChI is InChI=1S/C15H23NO2/c1-15(2,16)10-12-6-3-4-8-14(12)18-13-7-5-9-17-11-13/h3-4,6,8,13H,5,7,9-11,16H2,1-2H3. The van der Waals surface area contributed by atoms with Crippen molar-refractivity contribution in [2.24, 2.45) is 5.73 Å². The van der Waals surface area contributed by atoms with Gasteiger partial charge in [0.05, 0.1) is 6.61 Å². The number of ether oxygens (including phenoxy) is 2. The number of para-hydroxylation sites is 1. The predicted octanol–water partition coefficient (Wildman–Crippen LogP) is 2.52. The number of rotatable bonds is 4. The van der Waals surface area contributed by atoms with E-state index in [2.05, 4.69) is 6.07 Å². The second-order valence-electron chi connectivity index (χ2n) is 5.73. The zero-order valence-electron chi connectivity index (χ0n) is 11.3. The van der Waals surface area contributed by atoms with Crippen molar-refractivity contribution in [3.63, 3.8) is 0 Å². The number of benzene rings is 1. The predicted molar refractivity (Wildman–Crippen MR) is 72.9 cm³/mol. The molecule has 0 saturated carbocycles. The average molecular weight is 249 g/mol. The van der Waals surface area contributed by atoms with Crippen LogP contribution in [0.1, 0.15) is 32.3 Å². The van der Waals surface area contributed by atoms with E-state index in [1.54, 1.807) is 0 Å². The van der Waals surface area contributed by atoms with Crippen LogP contribution in [0.15, 0.2) is 24.3 Å². The van der Waals surface area contributed by atoms with Crippen LogP contribution < -0.4 is 10.5 Å². The van der Waals surface area contributed by atoms with E-state index in [0.29, 0.717) is 6.61 Å². The SMILES string of the molecule is CC(C)(N)Cc1ccccc1OC1CCCOC1. The average Bonchev–Trinajstić information content (AvgIpc) is 2.31. The van der Waals surface area contributed by atoms with Crippen LogP contribution >= 0.6 is 0 Å². The highest BCUT2D eigenvalue weighted by molar-refractivity contribution is 5.34. The van der Waals surface area contributed by atoms with Gasteiger partial charge in [0, 0.05) is 12.1 Å². The molecule has 1 aromatic carbocycles. The maximum absolute atomic E-state index is 6.09. The van der Waals surface area contributed by atoms with Crippen molar-refractivity contribution >= 4 is 0 Å². The Morgan fingerprint density at radius 1 is 1.39 bits per heavy atom. The summed E-state index contributed by atoms with van der Waals surface area (Å²) in [5.74, 6) is 0.950. The lowest BCUT2D eigenvalue weighted by Gasteiger charge is -2.26. The van der Waals surface area contributed by atoms with Crippen molar-refractivity contribution in [2.45, 2.75) is 44.8 Å². The van der Waals surface area contributed by atoms with Crippen LogP contribution in [0.4, 0.5) is 0 Å². The molecule has 0 spiro atoms. The molecule has 2 N–H and O–H groups in total. The summed E-state index contributed by atoms with van der Waals surface area (Å²) < 4.78 is 11.5. The molecule has 100 valence electrons. The van der Waals surface area contributed by atoms with E-state index in [9.17, 15) is 0 Å². The summed E-state index contributed by atoms with van der Waals surface area (Å²) in [5, 5.41) is 0. The van der Waals surface area contributed by atoms with E-state index in [0.717, 1.165) is 31.6 Å². The molecule has 1 saturated heterocycles. The van der Waals surface area contributed by atoms with Gasteiger partial charge in [0.2, 0.25) is 0 Å². The van der Waals surface area contributed by atoms with Crippen LogP contribution in [0.25, 0.3) is 0 Å². The lowest BCUT2D eigenvalue weighted by Crippen LogP contribution is -2.35. The van der Waals surface area contributed by atoms with E-state index in [1.165, 1.54) is 5.56 Å². The van der Waals surface area contributed by atoms with Crippen LogP contribution in [0, 0.1) is 0 Å². The van der Waals surface area contributed by atoms with Crippen LogP contribution in [0.2, 0.25) is 0 Å². The maximum Gasteiger partial charge on any atom is 0.123 e. The van der Waals surface area contributed by atoms with Crippen LogP contribution in [0.5, 0.6) is 5.75 Å². The zero-order valence-corrected chi connectivity index (χ0v) is 11.3. The highest BCUT2D eigenvalue weighted by atomic mass is 16.5. The summed E-state index contributed by atoms with van der Waals surface area (Å²) in [6.45, 7) is 5.62. The lowest BCUT2D eigenvalue weighted by atomic mass is 9.95. The third kappa shape index (κ3) is 4.00. The number of hydrogen-bond donors (Lipinski definition) is 1. The Kier molecular flexibility index (Phi) is 4.25. The molecule has 0 bridgehead atoms. The van der Waals surface area contributed by atoms with Gasteiger partial charge in [-0.2, -0.15) is 0 Å². The van der Waals surface area contributed by atoms with Gasteiger partial charge in [0.1, 0.15) is 11.9 Å². The molecule has 1 aliphatic heterocycles. The fraction of sp³-hybridized carbons (Fsp3) is 0.600. The summed E-state index contributed by atoms with van der Waals surface area (Å²) in [6, 6.07) is 8.15. The topological polar surface area (TPSA) is 44.5 Å². The molecule has 0 aliphatic carbocycles. The van der Waals surface area contributed by atoms with E-state index in [4.69, 9.17) is 15.2 Å². The van der Waals surface area contributed by atoms with Gasteiger partial charge >= 0.3 is 0 Å². The van der Waals surface area contributed by atoms with Crippen LogP contribution in [0.3, 0.4) is 0 Å².